The van der Waals surface area contributed by atoms with Gasteiger partial charge in [-0.1, -0.05) is 11.8 Å². The van der Waals surface area contributed by atoms with E-state index < -0.39 is 5.25 Å². The number of nitrogens with zero attached hydrogens (tertiary/aromatic N) is 2. The Morgan fingerprint density at radius 3 is 2.88 bits per heavy atom. The molecular formula is C10H11N3O2S. The monoisotopic (exact) mass is 237 g/mol. The summed E-state index contributed by atoms with van der Waals surface area (Å²) in [4.78, 5) is 28.2. The van der Waals surface area contributed by atoms with Gasteiger partial charge in [-0.05, 0) is 12.1 Å². The lowest BCUT2D eigenvalue weighted by Crippen LogP contribution is -2.26. The second-order valence-corrected chi connectivity index (χ2v) is 4.69. The van der Waals surface area contributed by atoms with Gasteiger partial charge in [0.05, 0.1) is 10.9 Å². The van der Waals surface area contributed by atoms with Crippen LogP contribution in [0.15, 0.2) is 23.4 Å². The Morgan fingerprint density at radius 2 is 2.31 bits per heavy atom. The smallest absolute Gasteiger partial charge is 0.242 e. The average molecular weight is 237 g/mol. The Labute approximate surface area is 97.0 Å². The Bertz CT molecular complexity index is 449. The summed E-state index contributed by atoms with van der Waals surface area (Å²) in [6, 6.07) is 3.45. The Balaban J connectivity index is 2.15. The lowest BCUT2D eigenvalue weighted by atomic mass is 10.4. The van der Waals surface area contributed by atoms with Gasteiger partial charge < -0.3 is 5.73 Å². The minimum atomic E-state index is -0.394. The van der Waals surface area contributed by atoms with Gasteiger partial charge in [0.1, 0.15) is 5.03 Å². The van der Waals surface area contributed by atoms with Crippen molar-refractivity contribution in [1.29, 1.82) is 0 Å². The zero-order valence-corrected chi connectivity index (χ0v) is 9.53. The number of imide groups is 1. The van der Waals surface area contributed by atoms with Crippen LogP contribution in [0.1, 0.15) is 6.42 Å². The molecule has 1 atom stereocenters. The van der Waals surface area contributed by atoms with E-state index in [0.717, 1.165) is 4.90 Å². The molecule has 1 fully saturated rings. The number of nitrogen functional groups attached to an aromatic ring is 1. The molecule has 2 rings (SSSR count). The number of hydrogen-bond acceptors (Lipinski definition) is 5. The van der Waals surface area contributed by atoms with Crippen molar-refractivity contribution in [3.63, 3.8) is 0 Å². The molecule has 0 spiro atoms. The first-order valence-electron chi connectivity index (χ1n) is 4.77. The molecule has 0 radical (unpaired) electrons. The highest BCUT2D eigenvalue weighted by Gasteiger charge is 2.37. The van der Waals surface area contributed by atoms with Crippen LogP contribution in [0.4, 0.5) is 5.69 Å². The number of hydrogen-bond donors (Lipinski definition) is 1. The van der Waals surface area contributed by atoms with Crippen molar-refractivity contribution in [2.45, 2.75) is 16.7 Å². The summed E-state index contributed by atoms with van der Waals surface area (Å²) >= 11 is 1.25. The van der Waals surface area contributed by atoms with E-state index in [4.69, 9.17) is 5.73 Å². The van der Waals surface area contributed by atoms with Crippen molar-refractivity contribution in [1.82, 2.24) is 9.88 Å². The maximum absolute atomic E-state index is 11.6. The summed E-state index contributed by atoms with van der Waals surface area (Å²) in [6.07, 6.45) is 1.83. The van der Waals surface area contributed by atoms with Crippen LogP contribution in [-0.2, 0) is 9.59 Å². The van der Waals surface area contributed by atoms with E-state index in [1.165, 1.54) is 18.8 Å². The number of rotatable bonds is 2. The second-order valence-electron chi connectivity index (χ2n) is 3.50. The SMILES string of the molecule is CN1C(=O)CC(Sc2ncccc2N)C1=O. The van der Waals surface area contributed by atoms with Crippen LogP contribution < -0.4 is 5.73 Å². The normalized spacial score (nSPS) is 20.6. The van der Waals surface area contributed by atoms with Gasteiger partial charge in [-0.2, -0.15) is 0 Å². The summed E-state index contributed by atoms with van der Waals surface area (Å²) in [7, 11) is 1.49. The van der Waals surface area contributed by atoms with E-state index in [2.05, 4.69) is 4.98 Å². The highest BCUT2D eigenvalue weighted by Crippen LogP contribution is 2.32. The van der Waals surface area contributed by atoms with Crippen LogP contribution in [0.2, 0.25) is 0 Å². The first-order valence-corrected chi connectivity index (χ1v) is 5.65. The fraction of sp³-hybridized carbons (Fsp3) is 0.300. The van der Waals surface area contributed by atoms with Gasteiger partial charge in [0.2, 0.25) is 11.8 Å². The van der Waals surface area contributed by atoms with E-state index in [1.54, 1.807) is 18.3 Å². The van der Waals surface area contributed by atoms with E-state index in [0.29, 0.717) is 10.7 Å². The molecule has 84 valence electrons. The molecule has 1 aromatic rings. The molecule has 1 saturated heterocycles. The zero-order chi connectivity index (χ0) is 11.7. The molecule has 2 N–H and O–H groups in total. The fourth-order valence-corrected chi connectivity index (χ4v) is 2.53. The maximum atomic E-state index is 11.6. The molecule has 2 amide bonds. The van der Waals surface area contributed by atoms with Crippen LogP contribution >= 0.6 is 11.8 Å². The lowest BCUT2D eigenvalue weighted by Gasteiger charge is -2.08. The van der Waals surface area contributed by atoms with Gasteiger partial charge in [-0.25, -0.2) is 4.98 Å². The van der Waals surface area contributed by atoms with Crippen molar-refractivity contribution < 1.29 is 9.59 Å². The summed E-state index contributed by atoms with van der Waals surface area (Å²) < 4.78 is 0. The number of pyridine rings is 1. The lowest BCUT2D eigenvalue weighted by molar-refractivity contribution is -0.136. The molecule has 1 aliphatic rings. The highest BCUT2D eigenvalue weighted by molar-refractivity contribution is 8.00. The van der Waals surface area contributed by atoms with Crippen LogP contribution in [0, 0.1) is 0 Å². The van der Waals surface area contributed by atoms with Gasteiger partial charge >= 0.3 is 0 Å². The molecule has 0 bridgehead atoms. The molecule has 16 heavy (non-hydrogen) atoms. The maximum Gasteiger partial charge on any atom is 0.242 e. The molecule has 5 nitrogen and oxygen atoms in total. The summed E-state index contributed by atoms with van der Waals surface area (Å²) in [5.74, 6) is -0.336. The number of nitrogens with two attached hydrogens (primary N) is 1. The molecule has 2 heterocycles. The number of aromatic nitrogens is 1. The van der Waals surface area contributed by atoms with Gasteiger partial charge in [0.25, 0.3) is 0 Å². The topological polar surface area (TPSA) is 76.3 Å². The van der Waals surface area contributed by atoms with Crippen LogP contribution in [0.5, 0.6) is 0 Å². The van der Waals surface area contributed by atoms with Crippen molar-refractivity contribution in [2.75, 3.05) is 12.8 Å². The van der Waals surface area contributed by atoms with E-state index in [1.807, 2.05) is 0 Å². The Hall–Kier alpha value is -1.56. The molecule has 6 heteroatoms. The minimum absolute atomic E-state index is 0.156. The Morgan fingerprint density at radius 1 is 1.56 bits per heavy atom. The molecular weight excluding hydrogens is 226 g/mol. The third-order valence-electron chi connectivity index (χ3n) is 2.39. The summed E-state index contributed by atoms with van der Waals surface area (Å²) in [5.41, 5.74) is 6.25. The number of thioether (sulfide) groups is 1. The molecule has 1 unspecified atom stereocenters. The van der Waals surface area contributed by atoms with Crippen molar-refractivity contribution in [3.05, 3.63) is 18.3 Å². The van der Waals surface area contributed by atoms with Gasteiger partial charge in [-0.15, -0.1) is 0 Å². The third-order valence-corrected chi connectivity index (χ3v) is 3.61. The zero-order valence-electron chi connectivity index (χ0n) is 8.71. The summed E-state index contributed by atoms with van der Waals surface area (Å²) in [6.45, 7) is 0. The van der Waals surface area contributed by atoms with Gasteiger partial charge in [0.15, 0.2) is 0 Å². The van der Waals surface area contributed by atoms with Gasteiger partial charge in [0, 0.05) is 19.7 Å². The van der Waals surface area contributed by atoms with E-state index in [-0.39, 0.29) is 18.2 Å². The Kier molecular flexibility index (Phi) is 2.82. The molecule has 0 aliphatic carbocycles. The quantitative estimate of drug-likeness (QED) is 0.758. The molecule has 1 aliphatic heterocycles. The number of amides is 2. The number of carbonyl (C=O) groups excluding carboxylic acids is 2. The van der Waals surface area contributed by atoms with Crippen LogP contribution in [-0.4, -0.2) is 34.0 Å². The van der Waals surface area contributed by atoms with Crippen molar-refractivity contribution in [3.8, 4) is 0 Å². The summed E-state index contributed by atoms with van der Waals surface area (Å²) in [5, 5.41) is 0.207. The first kappa shape index (κ1) is 10.9. The molecule has 0 saturated carbocycles. The van der Waals surface area contributed by atoms with Gasteiger partial charge in [-0.3, -0.25) is 14.5 Å². The number of carbonyl (C=O) groups is 2. The second kappa shape index (κ2) is 4.13. The van der Waals surface area contributed by atoms with Crippen LogP contribution in [0.3, 0.4) is 0 Å². The standard InChI is InChI=1S/C10H11N3O2S/c1-13-8(14)5-7(10(13)15)16-9-6(11)3-2-4-12-9/h2-4,7H,5,11H2,1H3. The molecule has 1 aromatic heterocycles. The third kappa shape index (κ3) is 1.88. The predicted molar refractivity (Wildman–Crippen MR) is 60.7 cm³/mol. The largest absolute Gasteiger partial charge is 0.397 e. The first-order chi connectivity index (χ1) is 7.59. The van der Waals surface area contributed by atoms with E-state index in [9.17, 15) is 9.59 Å². The van der Waals surface area contributed by atoms with E-state index >= 15 is 0 Å². The average Bonchev–Trinajstić information content (AvgIpc) is 2.50. The highest BCUT2D eigenvalue weighted by atomic mass is 32.2. The predicted octanol–water partition coefficient (Wildman–Crippen LogP) is 0.513. The molecule has 0 aromatic carbocycles. The van der Waals surface area contributed by atoms with Crippen LogP contribution in [0.25, 0.3) is 0 Å². The minimum Gasteiger partial charge on any atom is -0.397 e. The van der Waals surface area contributed by atoms with Crippen molar-refractivity contribution in [2.24, 2.45) is 0 Å². The number of anilines is 1. The van der Waals surface area contributed by atoms with Crippen molar-refractivity contribution >= 4 is 29.3 Å². The fourth-order valence-electron chi connectivity index (χ4n) is 1.45. The number of likely N-dealkylation sites (tertiary alicyclic amines) is 1.